The second-order valence-electron chi connectivity index (χ2n) is 6.63. The van der Waals surface area contributed by atoms with Gasteiger partial charge in [0, 0.05) is 19.3 Å². The van der Waals surface area contributed by atoms with Gasteiger partial charge in [-0.3, -0.25) is 0 Å². The van der Waals surface area contributed by atoms with Crippen molar-refractivity contribution in [2.24, 2.45) is 0 Å². The largest absolute Gasteiger partial charge is 0.494 e. The van der Waals surface area contributed by atoms with Gasteiger partial charge in [0.05, 0.1) is 6.61 Å². The Morgan fingerprint density at radius 2 is 1.37 bits per heavy atom. The molecule has 0 spiro atoms. The van der Waals surface area contributed by atoms with Gasteiger partial charge in [0.25, 0.3) is 0 Å². The lowest BCUT2D eigenvalue weighted by atomic mass is 9.99. The number of halogens is 1. The Labute approximate surface area is 160 Å². The third kappa shape index (κ3) is 5.18. The molecule has 0 unspecified atom stereocenters. The second kappa shape index (κ2) is 9.33. The van der Waals surface area contributed by atoms with Gasteiger partial charge in [-0.25, -0.2) is 4.39 Å². The minimum Gasteiger partial charge on any atom is -0.494 e. The highest BCUT2D eigenvalue weighted by Gasteiger charge is 2.08. The smallest absolute Gasteiger partial charge is 0.131 e. The van der Waals surface area contributed by atoms with E-state index in [2.05, 4.69) is 0 Å². The van der Waals surface area contributed by atoms with E-state index < -0.39 is 0 Å². The molecule has 3 aromatic carbocycles. The monoisotopic (exact) mass is 364 g/mol. The number of rotatable bonds is 8. The van der Waals surface area contributed by atoms with E-state index in [0.29, 0.717) is 12.2 Å². The number of unbranched alkanes of at least 4 members (excludes halogenated alkanes) is 1. The van der Waals surface area contributed by atoms with Crippen molar-refractivity contribution in [2.45, 2.75) is 19.8 Å². The van der Waals surface area contributed by atoms with Crippen LogP contribution in [0, 0.1) is 12.7 Å². The molecular weight excluding hydrogens is 339 g/mol. The van der Waals surface area contributed by atoms with Crippen LogP contribution in [0.15, 0.2) is 66.7 Å². The minimum atomic E-state index is -0.221. The molecule has 0 N–H and O–H groups in total. The Morgan fingerprint density at radius 3 is 2.04 bits per heavy atom. The van der Waals surface area contributed by atoms with E-state index >= 15 is 0 Å². The van der Waals surface area contributed by atoms with Crippen LogP contribution in [0.1, 0.15) is 18.4 Å². The van der Waals surface area contributed by atoms with Gasteiger partial charge in [0.15, 0.2) is 0 Å². The van der Waals surface area contributed by atoms with Crippen LogP contribution in [-0.4, -0.2) is 20.3 Å². The molecule has 0 aromatic heterocycles. The van der Waals surface area contributed by atoms with Crippen LogP contribution in [-0.2, 0) is 4.74 Å². The maximum absolute atomic E-state index is 14.7. The molecule has 3 heteroatoms. The summed E-state index contributed by atoms with van der Waals surface area (Å²) in [4.78, 5) is 0. The quantitative estimate of drug-likeness (QED) is 0.438. The Morgan fingerprint density at radius 1 is 0.741 bits per heavy atom. The standard InChI is InChI=1S/C24H25FO2/c1-18-5-7-19(8-6-18)21-11-14-23(24(25)17-21)20-9-12-22(13-10-20)27-16-4-3-15-26-2/h5-14,17H,3-4,15-16H2,1-2H3. The molecule has 0 radical (unpaired) electrons. The zero-order chi connectivity index (χ0) is 19.1. The molecule has 3 aromatic rings. The predicted molar refractivity (Wildman–Crippen MR) is 109 cm³/mol. The summed E-state index contributed by atoms with van der Waals surface area (Å²) in [5, 5.41) is 0. The summed E-state index contributed by atoms with van der Waals surface area (Å²) in [5.74, 6) is 0.578. The maximum atomic E-state index is 14.7. The zero-order valence-corrected chi connectivity index (χ0v) is 15.9. The number of methoxy groups -OCH3 is 1. The van der Waals surface area contributed by atoms with Crippen molar-refractivity contribution < 1.29 is 13.9 Å². The van der Waals surface area contributed by atoms with E-state index in [1.165, 1.54) is 5.56 Å². The minimum absolute atomic E-state index is 0.221. The number of aryl methyl sites for hydroxylation is 1. The second-order valence-corrected chi connectivity index (χ2v) is 6.63. The molecule has 0 aliphatic carbocycles. The lowest BCUT2D eigenvalue weighted by Crippen LogP contribution is -1.99. The van der Waals surface area contributed by atoms with E-state index in [1.54, 1.807) is 13.2 Å². The molecule has 140 valence electrons. The molecule has 2 nitrogen and oxygen atoms in total. The maximum Gasteiger partial charge on any atom is 0.131 e. The fraction of sp³-hybridized carbons (Fsp3) is 0.250. The molecule has 0 amide bonds. The van der Waals surface area contributed by atoms with Gasteiger partial charge in [-0.05, 0) is 54.7 Å². The summed E-state index contributed by atoms with van der Waals surface area (Å²) in [6.07, 6.45) is 1.93. The molecule has 0 atom stereocenters. The molecule has 0 saturated carbocycles. The molecular formula is C24H25FO2. The summed E-state index contributed by atoms with van der Waals surface area (Å²) in [6, 6.07) is 21.1. The van der Waals surface area contributed by atoms with Crippen LogP contribution in [0.3, 0.4) is 0 Å². The summed E-state index contributed by atoms with van der Waals surface area (Å²) in [6.45, 7) is 3.45. The highest BCUT2D eigenvalue weighted by molar-refractivity contribution is 5.71. The highest BCUT2D eigenvalue weighted by atomic mass is 19.1. The summed E-state index contributed by atoms with van der Waals surface area (Å²) >= 11 is 0. The average Bonchev–Trinajstić information content (AvgIpc) is 2.69. The van der Waals surface area contributed by atoms with Crippen LogP contribution in [0.5, 0.6) is 5.75 Å². The van der Waals surface area contributed by atoms with Crippen LogP contribution in [0.2, 0.25) is 0 Å². The Balaban J connectivity index is 1.68. The Hall–Kier alpha value is -2.65. The van der Waals surface area contributed by atoms with Crippen LogP contribution >= 0.6 is 0 Å². The van der Waals surface area contributed by atoms with Gasteiger partial charge in [-0.15, -0.1) is 0 Å². The van der Waals surface area contributed by atoms with Gasteiger partial charge in [0.2, 0.25) is 0 Å². The number of ether oxygens (including phenoxy) is 2. The molecule has 0 bridgehead atoms. The number of hydrogen-bond donors (Lipinski definition) is 0. The van der Waals surface area contributed by atoms with Crippen molar-refractivity contribution in [3.63, 3.8) is 0 Å². The fourth-order valence-electron chi connectivity index (χ4n) is 2.94. The van der Waals surface area contributed by atoms with E-state index in [9.17, 15) is 4.39 Å². The normalized spacial score (nSPS) is 10.8. The molecule has 27 heavy (non-hydrogen) atoms. The van der Waals surface area contributed by atoms with Crippen molar-refractivity contribution in [1.29, 1.82) is 0 Å². The Kier molecular flexibility index (Phi) is 6.61. The van der Waals surface area contributed by atoms with E-state index in [1.807, 2.05) is 67.6 Å². The Bertz CT molecular complexity index is 855. The van der Waals surface area contributed by atoms with Crippen molar-refractivity contribution >= 4 is 0 Å². The third-order valence-electron chi connectivity index (χ3n) is 4.53. The first kappa shape index (κ1) is 19.1. The highest BCUT2D eigenvalue weighted by Crippen LogP contribution is 2.29. The lowest BCUT2D eigenvalue weighted by molar-refractivity contribution is 0.184. The van der Waals surface area contributed by atoms with Crippen LogP contribution < -0.4 is 4.74 Å². The van der Waals surface area contributed by atoms with Gasteiger partial charge < -0.3 is 9.47 Å². The average molecular weight is 364 g/mol. The predicted octanol–water partition coefficient (Wildman–Crippen LogP) is 6.27. The van der Waals surface area contributed by atoms with Crippen LogP contribution in [0.4, 0.5) is 4.39 Å². The first-order valence-electron chi connectivity index (χ1n) is 9.26. The number of benzene rings is 3. The molecule has 3 rings (SSSR count). The summed E-state index contributed by atoms with van der Waals surface area (Å²) in [7, 11) is 1.70. The topological polar surface area (TPSA) is 18.5 Å². The molecule has 0 fully saturated rings. The van der Waals surface area contributed by atoms with Crippen molar-refractivity contribution in [2.75, 3.05) is 20.3 Å². The van der Waals surface area contributed by atoms with Crippen LogP contribution in [0.25, 0.3) is 22.3 Å². The lowest BCUT2D eigenvalue weighted by Gasteiger charge is -2.09. The van der Waals surface area contributed by atoms with E-state index in [4.69, 9.17) is 9.47 Å². The van der Waals surface area contributed by atoms with Gasteiger partial charge in [-0.2, -0.15) is 0 Å². The van der Waals surface area contributed by atoms with Crippen molar-refractivity contribution in [3.05, 3.63) is 78.1 Å². The summed E-state index contributed by atoms with van der Waals surface area (Å²) < 4.78 is 25.4. The van der Waals surface area contributed by atoms with Gasteiger partial charge >= 0.3 is 0 Å². The van der Waals surface area contributed by atoms with Crippen molar-refractivity contribution in [3.8, 4) is 28.0 Å². The van der Waals surface area contributed by atoms with Gasteiger partial charge in [-0.1, -0.05) is 54.1 Å². The number of hydrogen-bond acceptors (Lipinski definition) is 2. The van der Waals surface area contributed by atoms with Gasteiger partial charge in [0.1, 0.15) is 11.6 Å². The van der Waals surface area contributed by atoms with Crippen molar-refractivity contribution in [1.82, 2.24) is 0 Å². The van der Waals surface area contributed by atoms with E-state index in [-0.39, 0.29) is 5.82 Å². The van der Waals surface area contributed by atoms with E-state index in [0.717, 1.165) is 41.9 Å². The molecule has 0 aliphatic rings. The first-order chi connectivity index (χ1) is 13.2. The third-order valence-corrected chi connectivity index (χ3v) is 4.53. The molecule has 0 saturated heterocycles. The SMILES string of the molecule is COCCCCOc1ccc(-c2ccc(-c3ccc(C)cc3)cc2F)cc1. The molecule has 0 heterocycles. The summed E-state index contributed by atoms with van der Waals surface area (Å²) in [5.41, 5.74) is 4.53. The first-order valence-corrected chi connectivity index (χ1v) is 9.26. The fourth-order valence-corrected chi connectivity index (χ4v) is 2.94. The zero-order valence-electron chi connectivity index (χ0n) is 15.9. The molecule has 0 aliphatic heterocycles.